The van der Waals surface area contributed by atoms with E-state index in [0.717, 1.165) is 11.0 Å². The lowest BCUT2D eigenvalue weighted by Crippen LogP contribution is -2.24. The SMILES string of the molecule is CC1CCC(Nc2nc(Cl)cs2)CC1. The highest BCUT2D eigenvalue weighted by molar-refractivity contribution is 7.14. The van der Waals surface area contributed by atoms with E-state index >= 15 is 0 Å². The molecule has 2 rings (SSSR count). The van der Waals surface area contributed by atoms with Crippen LogP contribution in [0.1, 0.15) is 32.6 Å². The normalized spacial score (nSPS) is 27.6. The third-order valence-corrected chi connectivity index (χ3v) is 3.92. The molecule has 0 unspecified atom stereocenters. The van der Waals surface area contributed by atoms with Crippen LogP contribution in [0.5, 0.6) is 0 Å². The van der Waals surface area contributed by atoms with Crippen molar-refractivity contribution in [2.75, 3.05) is 5.32 Å². The number of hydrogen-bond acceptors (Lipinski definition) is 3. The van der Waals surface area contributed by atoms with E-state index in [9.17, 15) is 0 Å². The average Bonchev–Trinajstić information content (AvgIpc) is 2.56. The van der Waals surface area contributed by atoms with Crippen molar-refractivity contribution < 1.29 is 0 Å². The van der Waals surface area contributed by atoms with Gasteiger partial charge in [-0.1, -0.05) is 18.5 Å². The minimum atomic E-state index is 0.599. The van der Waals surface area contributed by atoms with Gasteiger partial charge in [0.15, 0.2) is 5.13 Å². The zero-order chi connectivity index (χ0) is 9.97. The zero-order valence-electron chi connectivity index (χ0n) is 8.29. The van der Waals surface area contributed by atoms with Gasteiger partial charge in [-0.2, -0.15) is 0 Å². The van der Waals surface area contributed by atoms with Gasteiger partial charge in [0.1, 0.15) is 5.15 Å². The molecule has 0 bridgehead atoms. The molecule has 1 aliphatic rings. The summed E-state index contributed by atoms with van der Waals surface area (Å²) in [6, 6.07) is 0.605. The summed E-state index contributed by atoms with van der Waals surface area (Å²) in [6.45, 7) is 2.33. The van der Waals surface area contributed by atoms with Crippen LogP contribution in [0, 0.1) is 5.92 Å². The van der Waals surface area contributed by atoms with Crippen LogP contribution in [0.15, 0.2) is 5.38 Å². The van der Waals surface area contributed by atoms with Crippen molar-refractivity contribution in [3.63, 3.8) is 0 Å². The van der Waals surface area contributed by atoms with Gasteiger partial charge in [-0.25, -0.2) is 4.98 Å². The molecule has 1 aromatic heterocycles. The molecule has 0 saturated heterocycles. The van der Waals surface area contributed by atoms with Gasteiger partial charge >= 0.3 is 0 Å². The summed E-state index contributed by atoms with van der Waals surface area (Å²) in [4.78, 5) is 4.20. The first-order valence-electron chi connectivity index (χ1n) is 5.11. The van der Waals surface area contributed by atoms with Gasteiger partial charge in [-0.05, 0) is 31.6 Å². The van der Waals surface area contributed by atoms with Gasteiger partial charge in [-0.3, -0.25) is 0 Å². The molecule has 1 aliphatic carbocycles. The molecule has 78 valence electrons. The van der Waals surface area contributed by atoms with E-state index in [2.05, 4.69) is 17.2 Å². The molecule has 1 fully saturated rings. The Labute approximate surface area is 93.7 Å². The Kier molecular flexibility index (Phi) is 3.29. The number of halogens is 1. The van der Waals surface area contributed by atoms with Crippen LogP contribution in [0.4, 0.5) is 5.13 Å². The molecule has 1 N–H and O–H groups in total. The van der Waals surface area contributed by atoms with Crippen LogP contribution in [0.3, 0.4) is 0 Å². The molecule has 0 aromatic carbocycles. The van der Waals surface area contributed by atoms with E-state index < -0.39 is 0 Å². The van der Waals surface area contributed by atoms with Crippen LogP contribution in [0.25, 0.3) is 0 Å². The van der Waals surface area contributed by atoms with Crippen molar-refractivity contribution >= 4 is 28.1 Å². The highest BCUT2D eigenvalue weighted by Crippen LogP contribution is 2.27. The van der Waals surface area contributed by atoms with Gasteiger partial charge in [-0.15, -0.1) is 11.3 Å². The van der Waals surface area contributed by atoms with Crippen molar-refractivity contribution in [1.29, 1.82) is 0 Å². The Balaban J connectivity index is 1.86. The third kappa shape index (κ3) is 2.61. The van der Waals surface area contributed by atoms with Crippen LogP contribution in [-0.4, -0.2) is 11.0 Å². The number of hydrogen-bond donors (Lipinski definition) is 1. The number of rotatable bonds is 2. The number of nitrogens with one attached hydrogen (secondary N) is 1. The maximum absolute atomic E-state index is 5.76. The monoisotopic (exact) mass is 230 g/mol. The van der Waals surface area contributed by atoms with Crippen molar-refractivity contribution in [2.45, 2.75) is 38.6 Å². The molecule has 0 atom stereocenters. The predicted molar refractivity (Wildman–Crippen MR) is 62.2 cm³/mol. The minimum Gasteiger partial charge on any atom is -0.359 e. The fraction of sp³-hybridized carbons (Fsp3) is 0.700. The highest BCUT2D eigenvalue weighted by Gasteiger charge is 2.18. The fourth-order valence-electron chi connectivity index (χ4n) is 1.90. The Morgan fingerprint density at radius 2 is 2.14 bits per heavy atom. The molecule has 1 heterocycles. The summed E-state index contributed by atoms with van der Waals surface area (Å²) in [6.07, 6.45) is 5.18. The van der Waals surface area contributed by atoms with Crippen LogP contribution < -0.4 is 5.32 Å². The van der Waals surface area contributed by atoms with Crippen LogP contribution in [-0.2, 0) is 0 Å². The maximum Gasteiger partial charge on any atom is 0.184 e. The molecular weight excluding hydrogens is 216 g/mol. The molecule has 2 nitrogen and oxygen atoms in total. The van der Waals surface area contributed by atoms with Gasteiger partial charge in [0.05, 0.1) is 0 Å². The van der Waals surface area contributed by atoms with Crippen LogP contribution in [0.2, 0.25) is 5.15 Å². The summed E-state index contributed by atoms with van der Waals surface area (Å²) in [5, 5.41) is 6.88. The third-order valence-electron chi connectivity index (χ3n) is 2.82. The maximum atomic E-state index is 5.76. The Morgan fingerprint density at radius 1 is 1.43 bits per heavy atom. The molecule has 0 radical (unpaired) electrons. The Hall–Kier alpha value is -0.280. The standard InChI is InChI=1S/C10H15ClN2S/c1-7-2-4-8(5-3-7)12-10-13-9(11)6-14-10/h6-8H,2-5H2,1H3,(H,12,13). The van der Waals surface area contributed by atoms with Gasteiger partial charge in [0.2, 0.25) is 0 Å². The lowest BCUT2D eigenvalue weighted by Gasteiger charge is -2.26. The first-order chi connectivity index (χ1) is 6.74. The summed E-state index contributed by atoms with van der Waals surface area (Å²) >= 11 is 7.35. The van der Waals surface area contributed by atoms with Gasteiger partial charge < -0.3 is 5.32 Å². The number of anilines is 1. The fourth-order valence-corrected chi connectivity index (χ4v) is 2.82. The molecule has 1 aromatic rings. The van der Waals surface area contributed by atoms with Crippen molar-refractivity contribution in [1.82, 2.24) is 4.98 Å². The van der Waals surface area contributed by atoms with Crippen molar-refractivity contribution in [3.8, 4) is 0 Å². The number of aromatic nitrogens is 1. The van der Waals surface area contributed by atoms with E-state index in [1.54, 1.807) is 11.3 Å². The molecule has 1 saturated carbocycles. The van der Waals surface area contributed by atoms with Gasteiger partial charge in [0, 0.05) is 11.4 Å². The average molecular weight is 231 g/mol. The minimum absolute atomic E-state index is 0.599. The summed E-state index contributed by atoms with van der Waals surface area (Å²) in [7, 11) is 0. The lowest BCUT2D eigenvalue weighted by molar-refractivity contribution is 0.361. The summed E-state index contributed by atoms with van der Waals surface area (Å²) in [5.74, 6) is 0.896. The molecule has 14 heavy (non-hydrogen) atoms. The number of nitrogens with zero attached hydrogens (tertiary/aromatic N) is 1. The second-order valence-electron chi connectivity index (χ2n) is 4.08. The van der Waals surface area contributed by atoms with E-state index in [4.69, 9.17) is 11.6 Å². The first-order valence-corrected chi connectivity index (χ1v) is 6.37. The molecule has 0 aliphatic heterocycles. The molecule has 0 spiro atoms. The molecule has 4 heteroatoms. The Morgan fingerprint density at radius 3 is 2.71 bits per heavy atom. The lowest BCUT2D eigenvalue weighted by atomic mass is 9.87. The second kappa shape index (κ2) is 4.49. The largest absolute Gasteiger partial charge is 0.359 e. The zero-order valence-corrected chi connectivity index (χ0v) is 9.87. The van der Waals surface area contributed by atoms with E-state index in [-0.39, 0.29) is 0 Å². The first kappa shape index (κ1) is 10.2. The number of thiazole rings is 1. The van der Waals surface area contributed by atoms with Crippen molar-refractivity contribution in [2.24, 2.45) is 5.92 Å². The van der Waals surface area contributed by atoms with Crippen molar-refractivity contribution in [3.05, 3.63) is 10.5 Å². The molecule has 0 amide bonds. The van der Waals surface area contributed by atoms with Gasteiger partial charge in [0.25, 0.3) is 0 Å². The smallest absolute Gasteiger partial charge is 0.184 e. The molecular formula is C10H15ClN2S. The predicted octanol–water partition coefficient (Wildman–Crippen LogP) is 3.79. The van der Waals surface area contributed by atoms with Crippen LogP contribution >= 0.6 is 22.9 Å². The van der Waals surface area contributed by atoms with E-state index in [1.807, 2.05) is 5.38 Å². The summed E-state index contributed by atoms with van der Waals surface area (Å²) in [5.41, 5.74) is 0. The highest BCUT2D eigenvalue weighted by atomic mass is 35.5. The summed E-state index contributed by atoms with van der Waals surface area (Å²) < 4.78 is 0. The Bertz CT molecular complexity index is 292. The van der Waals surface area contributed by atoms with E-state index in [0.29, 0.717) is 11.2 Å². The topological polar surface area (TPSA) is 24.9 Å². The second-order valence-corrected chi connectivity index (χ2v) is 5.32. The quantitative estimate of drug-likeness (QED) is 0.836. The van der Waals surface area contributed by atoms with E-state index in [1.165, 1.54) is 25.7 Å².